The number of carbonyl (C=O) groups is 1. The molecule has 7 heteroatoms. The predicted octanol–water partition coefficient (Wildman–Crippen LogP) is 4.16. The molecule has 2 heterocycles. The molecule has 2 aromatic carbocycles. The summed E-state index contributed by atoms with van der Waals surface area (Å²) >= 11 is 0. The van der Waals surface area contributed by atoms with E-state index in [1.54, 1.807) is 7.11 Å². The third kappa shape index (κ3) is 5.98. The van der Waals surface area contributed by atoms with Crippen molar-refractivity contribution in [2.24, 2.45) is 0 Å². The van der Waals surface area contributed by atoms with Gasteiger partial charge in [0.05, 0.1) is 7.11 Å². The summed E-state index contributed by atoms with van der Waals surface area (Å²) in [7, 11) is 1.62. The molecule has 1 N–H and O–H groups in total. The number of nitrogens with zero attached hydrogens (tertiary/aromatic N) is 3. The van der Waals surface area contributed by atoms with Crippen LogP contribution in [0.5, 0.6) is 5.75 Å². The summed E-state index contributed by atoms with van der Waals surface area (Å²) in [6, 6.07) is 21.4. The minimum Gasteiger partial charge on any atom is -0.497 e. The quantitative estimate of drug-likeness (QED) is 0.605. The molecule has 1 fully saturated rings. The molecule has 0 spiro atoms. The van der Waals surface area contributed by atoms with Gasteiger partial charge in [-0.25, -0.2) is 9.78 Å². The van der Waals surface area contributed by atoms with Gasteiger partial charge in [-0.3, -0.25) is 10.2 Å². The summed E-state index contributed by atoms with van der Waals surface area (Å²) in [5, 5.41) is 2.78. The summed E-state index contributed by atoms with van der Waals surface area (Å²) in [6.07, 6.45) is 1.37. The van der Waals surface area contributed by atoms with Crippen LogP contribution in [-0.2, 0) is 17.9 Å². The largest absolute Gasteiger partial charge is 0.497 e. The van der Waals surface area contributed by atoms with Crippen LogP contribution in [0.3, 0.4) is 0 Å². The van der Waals surface area contributed by atoms with Crippen LogP contribution in [0.4, 0.5) is 16.3 Å². The number of piperazine rings is 1. The van der Waals surface area contributed by atoms with E-state index in [1.165, 1.54) is 5.56 Å². The second-order valence-corrected chi connectivity index (χ2v) is 7.70. The van der Waals surface area contributed by atoms with Crippen LogP contribution < -0.4 is 15.0 Å². The smallest absolute Gasteiger partial charge is 0.411 e. The molecule has 1 aliphatic rings. The molecule has 0 bridgehead atoms. The molecule has 3 aromatic rings. The average molecular weight is 433 g/mol. The second-order valence-electron chi connectivity index (χ2n) is 7.70. The van der Waals surface area contributed by atoms with Crippen molar-refractivity contribution in [1.29, 1.82) is 0 Å². The van der Waals surface area contributed by atoms with Gasteiger partial charge in [-0.05, 0) is 47.5 Å². The Morgan fingerprint density at radius 2 is 1.66 bits per heavy atom. The van der Waals surface area contributed by atoms with Gasteiger partial charge in [0.2, 0.25) is 0 Å². The van der Waals surface area contributed by atoms with Crippen LogP contribution >= 0.6 is 0 Å². The summed E-state index contributed by atoms with van der Waals surface area (Å²) in [4.78, 5) is 21.3. The first-order valence-electron chi connectivity index (χ1n) is 10.7. The molecular formula is C25H28N4O3. The van der Waals surface area contributed by atoms with Gasteiger partial charge in [-0.1, -0.05) is 30.3 Å². The highest BCUT2D eigenvalue weighted by atomic mass is 16.5. The Kier molecular flexibility index (Phi) is 7.19. The first-order valence-corrected chi connectivity index (χ1v) is 10.7. The van der Waals surface area contributed by atoms with Crippen molar-refractivity contribution < 1.29 is 14.3 Å². The molecule has 166 valence electrons. The SMILES string of the molecule is COc1ccc(COC(=O)Nc2ccc(CN3CCN(c4ccccn4)CC3)cc2)cc1. The van der Waals surface area contributed by atoms with Gasteiger partial charge in [-0.2, -0.15) is 0 Å². The molecule has 0 aliphatic carbocycles. The number of ether oxygens (including phenoxy) is 2. The Balaban J connectivity index is 1.20. The number of pyridine rings is 1. The molecule has 1 amide bonds. The number of aromatic nitrogens is 1. The number of methoxy groups -OCH3 is 1. The number of anilines is 2. The van der Waals surface area contributed by atoms with Gasteiger partial charge in [0, 0.05) is 44.6 Å². The number of rotatable bonds is 7. The van der Waals surface area contributed by atoms with Crippen molar-refractivity contribution in [3.05, 3.63) is 84.1 Å². The summed E-state index contributed by atoms with van der Waals surface area (Å²) < 4.78 is 10.4. The zero-order valence-electron chi connectivity index (χ0n) is 18.2. The van der Waals surface area contributed by atoms with Gasteiger partial charge in [-0.15, -0.1) is 0 Å². The van der Waals surface area contributed by atoms with Gasteiger partial charge in [0.25, 0.3) is 0 Å². The lowest BCUT2D eigenvalue weighted by atomic mass is 10.2. The van der Waals surface area contributed by atoms with E-state index in [2.05, 4.69) is 26.2 Å². The van der Waals surface area contributed by atoms with Gasteiger partial charge in [0.15, 0.2) is 0 Å². The fourth-order valence-corrected chi connectivity index (χ4v) is 3.65. The number of benzene rings is 2. The van der Waals surface area contributed by atoms with Crippen LogP contribution in [0.2, 0.25) is 0 Å². The monoisotopic (exact) mass is 432 g/mol. The van der Waals surface area contributed by atoms with Gasteiger partial charge >= 0.3 is 6.09 Å². The second kappa shape index (κ2) is 10.6. The molecule has 0 unspecified atom stereocenters. The maximum absolute atomic E-state index is 12.1. The number of nitrogens with one attached hydrogen (secondary N) is 1. The van der Waals surface area contributed by atoms with E-state index in [0.29, 0.717) is 5.69 Å². The Labute approximate surface area is 188 Å². The third-order valence-electron chi connectivity index (χ3n) is 5.48. The van der Waals surface area contributed by atoms with Gasteiger partial charge < -0.3 is 14.4 Å². The molecule has 32 heavy (non-hydrogen) atoms. The molecule has 0 atom stereocenters. The maximum atomic E-state index is 12.1. The number of hydrogen-bond acceptors (Lipinski definition) is 6. The Hall–Kier alpha value is -3.58. The summed E-state index contributed by atoms with van der Waals surface area (Å²) in [5.41, 5.74) is 2.83. The standard InChI is InChI=1S/C25H28N4O3/c1-31-23-11-7-21(8-12-23)19-32-25(30)27-22-9-5-20(6-10-22)18-28-14-16-29(17-15-28)24-4-2-3-13-26-24/h2-13H,14-19H2,1H3,(H,27,30). The van der Waals surface area contributed by atoms with E-state index in [4.69, 9.17) is 9.47 Å². The average Bonchev–Trinajstić information content (AvgIpc) is 2.85. The lowest BCUT2D eigenvalue weighted by Gasteiger charge is -2.35. The third-order valence-corrected chi connectivity index (χ3v) is 5.48. The number of hydrogen-bond donors (Lipinski definition) is 1. The first-order chi connectivity index (χ1) is 15.7. The first kappa shape index (κ1) is 21.6. The zero-order valence-corrected chi connectivity index (χ0v) is 18.2. The highest BCUT2D eigenvalue weighted by molar-refractivity contribution is 5.84. The molecule has 1 aromatic heterocycles. The van der Waals surface area contributed by atoms with Crippen molar-refractivity contribution in [3.63, 3.8) is 0 Å². The van der Waals surface area contributed by atoms with Crippen molar-refractivity contribution in [2.75, 3.05) is 43.5 Å². The number of amides is 1. The molecular weight excluding hydrogens is 404 g/mol. The molecule has 1 aliphatic heterocycles. The fraction of sp³-hybridized carbons (Fsp3) is 0.280. The topological polar surface area (TPSA) is 66.9 Å². The Morgan fingerprint density at radius 3 is 2.31 bits per heavy atom. The van der Waals surface area contributed by atoms with Crippen LogP contribution in [-0.4, -0.2) is 49.3 Å². The highest BCUT2D eigenvalue weighted by Crippen LogP contribution is 2.17. The number of carbonyl (C=O) groups excluding carboxylic acids is 1. The van der Waals surface area contributed by atoms with E-state index < -0.39 is 6.09 Å². The van der Waals surface area contributed by atoms with Crippen LogP contribution in [0.25, 0.3) is 0 Å². The van der Waals surface area contributed by atoms with E-state index in [0.717, 1.165) is 49.9 Å². The van der Waals surface area contributed by atoms with Crippen LogP contribution in [0.1, 0.15) is 11.1 Å². The van der Waals surface area contributed by atoms with Crippen LogP contribution in [0, 0.1) is 0 Å². The molecule has 0 radical (unpaired) electrons. The molecule has 1 saturated heterocycles. The van der Waals surface area contributed by atoms with E-state index in [9.17, 15) is 4.79 Å². The summed E-state index contributed by atoms with van der Waals surface area (Å²) in [5.74, 6) is 1.81. The van der Waals surface area contributed by atoms with E-state index in [1.807, 2.05) is 66.9 Å². The molecule has 0 saturated carbocycles. The zero-order chi connectivity index (χ0) is 22.2. The van der Waals surface area contributed by atoms with E-state index in [-0.39, 0.29) is 6.61 Å². The minimum absolute atomic E-state index is 0.207. The van der Waals surface area contributed by atoms with Crippen molar-refractivity contribution in [1.82, 2.24) is 9.88 Å². The Bertz CT molecular complexity index is 986. The lowest BCUT2D eigenvalue weighted by Crippen LogP contribution is -2.46. The molecule has 7 nitrogen and oxygen atoms in total. The van der Waals surface area contributed by atoms with Crippen LogP contribution in [0.15, 0.2) is 72.9 Å². The van der Waals surface area contributed by atoms with Gasteiger partial charge in [0.1, 0.15) is 18.2 Å². The normalized spacial score (nSPS) is 14.1. The fourth-order valence-electron chi connectivity index (χ4n) is 3.65. The van der Waals surface area contributed by atoms with Crippen molar-refractivity contribution in [3.8, 4) is 5.75 Å². The highest BCUT2D eigenvalue weighted by Gasteiger charge is 2.17. The van der Waals surface area contributed by atoms with Crippen molar-refractivity contribution in [2.45, 2.75) is 13.2 Å². The lowest BCUT2D eigenvalue weighted by molar-refractivity contribution is 0.155. The summed E-state index contributed by atoms with van der Waals surface area (Å²) in [6.45, 7) is 5.02. The maximum Gasteiger partial charge on any atom is 0.411 e. The minimum atomic E-state index is -0.473. The Morgan fingerprint density at radius 1 is 0.938 bits per heavy atom. The van der Waals surface area contributed by atoms with Crippen molar-refractivity contribution >= 4 is 17.6 Å². The predicted molar refractivity (Wildman–Crippen MR) is 125 cm³/mol. The van der Waals surface area contributed by atoms with E-state index >= 15 is 0 Å². The molecule has 4 rings (SSSR count).